The summed E-state index contributed by atoms with van der Waals surface area (Å²) in [6.07, 6.45) is 2.55. The molecule has 28 heavy (non-hydrogen) atoms. The van der Waals surface area contributed by atoms with Gasteiger partial charge in [-0.3, -0.25) is 9.59 Å². The third kappa shape index (κ3) is 4.44. The molecule has 2 aliphatic rings. The molecular weight excluding hydrogens is 362 g/mol. The number of nitrogens with one attached hydrogen (secondary N) is 2. The second-order valence-corrected chi connectivity index (χ2v) is 7.20. The number of aromatic nitrogens is 1. The van der Waals surface area contributed by atoms with Gasteiger partial charge in [-0.1, -0.05) is 11.2 Å². The van der Waals surface area contributed by atoms with Crippen LogP contribution in [-0.2, 0) is 9.59 Å². The zero-order valence-corrected chi connectivity index (χ0v) is 15.7. The Bertz CT molecular complexity index is 874. The number of aryl methyl sites for hydroxylation is 1. The highest BCUT2D eigenvalue weighted by molar-refractivity contribution is 5.93. The van der Waals surface area contributed by atoms with Gasteiger partial charge in [0.25, 0.3) is 0 Å². The Hall–Kier alpha value is -3.03. The fraction of sp³-hybridized carbons (Fsp3) is 0.450. The lowest BCUT2D eigenvalue weighted by Gasteiger charge is -2.22. The summed E-state index contributed by atoms with van der Waals surface area (Å²) in [6.45, 7) is 2.71. The smallest absolute Gasteiger partial charge is 0.245 e. The van der Waals surface area contributed by atoms with Gasteiger partial charge >= 0.3 is 0 Å². The SMILES string of the molecule is Cc1cc(NC(=O)CNC(=O)CC(c2ccc3c(c2)OCCO3)C2CC2)no1. The number of fused-ring (bicyclic) bond motifs is 1. The van der Waals surface area contributed by atoms with Crippen LogP contribution in [0.15, 0.2) is 28.8 Å². The van der Waals surface area contributed by atoms with Crippen LogP contribution in [0.2, 0.25) is 0 Å². The molecular formula is C20H23N3O5. The molecule has 8 heteroatoms. The van der Waals surface area contributed by atoms with Crippen molar-refractivity contribution in [3.05, 3.63) is 35.6 Å². The largest absolute Gasteiger partial charge is 0.486 e. The Balaban J connectivity index is 1.33. The van der Waals surface area contributed by atoms with Crippen LogP contribution in [0.1, 0.15) is 36.5 Å². The molecule has 4 rings (SSSR count). The van der Waals surface area contributed by atoms with E-state index in [1.54, 1.807) is 13.0 Å². The van der Waals surface area contributed by atoms with Gasteiger partial charge in [0.1, 0.15) is 19.0 Å². The van der Waals surface area contributed by atoms with Crippen LogP contribution >= 0.6 is 0 Å². The molecule has 2 N–H and O–H groups in total. The number of benzene rings is 1. The molecule has 1 aliphatic carbocycles. The molecule has 8 nitrogen and oxygen atoms in total. The maximum absolute atomic E-state index is 12.4. The fourth-order valence-electron chi connectivity index (χ4n) is 3.41. The van der Waals surface area contributed by atoms with Crippen molar-refractivity contribution in [2.75, 3.05) is 25.1 Å². The van der Waals surface area contributed by atoms with Crippen molar-refractivity contribution in [2.24, 2.45) is 5.92 Å². The number of amides is 2. The van der Waals surface area contributed by atoms with Gasteiger partial charge in [-0.25, -0.2) is 0 Å². The molecule has 0 radical (unpaired) electrons. The molecule has 1 aliphatic heterocycles. The molecule has 2 heterocycles. The van der Waals surface area contributed by atoms with Crippen molar-refractivity contribution in [2.45, 2.75) is 32.1 Å². The predicted molar refractivity (Wildman–Crippen MR) is 100 cm³/mol. The summed E-state index contributed by atoms with van der Waals surface area (Å²) in [5.41, 5.74) is 1.07. The molecule has 0 spiro atoms. The Morgan fingerprint density at radius 3 is 2.64 bits per heavy atom. The van der Waals surface area contributed by atoms with Crippen LogP contribution in [0.5, 0.6) is 11.5 Å². The van der Waals surface area contributed by atoms with E-state index < -0.39 is 0 Å². The minimum atomic E-state index is -0.344. The van der Waals surface area contributed by atoms with Crippen molar-refractivity contribution in [1.82, 2.24) is 10.5 Å². The second kappa shape index (κ2) is 7.92. The lowest BCUT2D eigenvalue weighted by atomic mass is 9.90. The van der Waals surface area contributed by atoms with Crippen molar-refractivity contribution < 1.29 is 23.6 Å². The van der Waals surface area contributed by atoms with Crippen molar-refractivity contribution in [1.29, 1.82) is 0 Å². The van der Waals surface area contributed by atoms with Gasteiger partial charge in [0, 0.05) is 12.5 Å². The molecule has 148 valence electrons. The standard InChI is InChI=1S/C20H23N3O5/c1-12-8-18(23-28-12)22-20(25)11-21-19(24)10-15(13-2-3-13)14-4-5-16-17(9-14)27-7-6-26-16/h4-5,8-9,13,15H,2-3,6-7,10-11H2,1H3,(H,21,24)(H,22,23,25). The third-order valence-corrected chi connectivity index (χ3v) is 4.93. The van der Waals surface area contributed by atoms with Gasteiger partial charge < -0.3 is 24.6 Å². The highest BCUT2D eigenvalue weighted by Gasteiger charge is 2.34. The quantitative estimate of drug-likeness (QED) is 0.759. The molecule has 2 amide bonds. The summed E-state index contributed by atoms with van der Waals surface area (Å²) in [5.74, 6) is 2.51. The molecule has 1 atom stereocenters. The molecule has 2 aromatic rings. The molecule has 1 aromatic carbocycles. The summed E-state index contributed by atoms with van der Waals surface area (Å²) in [7, 11) is 0. The first-order valence-electron chi connectivity index (χ1n) is 9.48. The Morgan fingerprint density at radius 1 is 1.14 bits per heavy atom. The van der Waals surface area contributed by atoms with Gasteiger partial charge in [0.05, 0.1) is 6.54 Å². The monoisotopic (exact) mass is 385 g/mol. The highest BCUT2D eigenvalue weighted by atomic mass is 16.6. The maximum atomic E-state index is 12.4. The van der Waals surface area contributed by atoms with E-state index in [1.807, 2.05) is 18.2 Å². The van der Waals surface area contributed by atoms with Gasteiger partial charge in [0.15, 0.2) is 17.3 Å². The number of ether oxygens (including phenoxy) is 2. The topological polar surface area (TPSA) is 103 Å². The second-order valence-electron chi connectivity index (χ2n) is 7.20. The number of carbonyl (C=O) groups excluding carboxylic acids is 2. The fourth-order valence-corrected chi connectivity index (χ4v) is 3.41. The Kier molecular flexibility index (Phi) is 5.18. The summed E-state index contributed by atoms with van der Waals surface area (Å²) >= 11 is 0. The number of nitrogens with zero attached hydrogens (tertiary/aromatic N) is 1. The zero-order chi connectivity index (χ0) is 19.5. The lowest BCUT2D eigenvalue weighted by Crippen LogP contribution is -2.33. The number of carbonyl (C=O) groups is 2. The van der Waals surface area contributed by atoms with E-state index in [4.69, 9.17) is 14.0 Å². The van der Waals surface area contributed by atoms with Crippen LogP contribution in [0.3, 0.4) is 0 Å². The van der Waals surface area contributed by atoms with Crippen LogP contribution in [0.4, 0.5) is 5.82 Å². The van der Waals surface area contributed by atoms with Gasteiger partial charge in [-0.15, -0.1) is 0 Å². The molecule has 1 unspecified atom stereocenters. The predicted octanol–water partition coefficient (Wildman–Crippen LogP) is 2.39. The summed E-state index contributed by atoms with van der Waals surface area (Å²) in [6, 6.07) is 7.50. The molecule has 1 aromatic heterocycles. The average molecular weight is 385 g/mol. The Labute approximate surface area is 162 Å². The van der Waals surface area contributed by atoms with E-state index in [0.717, 1.165) is 29.9 Å². The zero-order valence-electron chi connectivity index (χ0n) is 15.7. The lowest BCUT2D eigenvalue weighted by molar-refractivity contribution is -0.124. The summed E-state index contributed by atoms with van der Waals surface area (Å²) in [5, 5.41) is 8.97. The van der Waals surface area contributed by atoms with Crippen LogP contribution in [0, 0.1) is 12.8 Å². The van der Waals surface area contributed by atoms with Crippen LogP contribution in [0.25, 0.3) is 0 Å². The Morgan fingerprint density at radius 2 is 1.93 bits per heavy atom. The number of rotatable bonds is 7. The van der Waals surface area contributed by atoms with E-state index in [0.29, 0.717) is 37.1 Å². The molecule has 1 saturated carbocycles. The summed E-state index contributed by atoms with van der Waals surface area (Å²) in [4.78, 5) is 24.4. The van der Waals surface area contributed by atoms with Crippen LogP contribution < -0.4 is 20.1 Å². The van der Waals surface area contributed by atoms with E-state index in [2.05, 4.69) is 15.8 Å². The minimum absolute atomic E-state index is 0.108. The van der Waals surface area contributed by atoms with Crippen molar-refractivity contribution >= 4 is 17.6 Å². The van der Waals surface area contributed by atoms with E-state index in [-0.39, 0.29) is 24.3 Å². The first kappa shape index (κ1) is 18.3. The van der Waals surface area contributed by atoms with E-state index in [1.165, 1.54) is 0 Å². The minimum Gasteiger partial charge on any atom is -0.486 e. The average Bonchev–Trinajstić information content (AvgIpc) is 3.46. The highest BCUT2D eigenvalue weighted by Crippen LogP contribution is 2.46. The van der Waals surface area contributed by atoms with Crippen molar-refractivity contribution in [3.63, 3.8) is 0 Å². The number of anilines is 1. The van der Waals surface area contributed by atoms with Gasteiger partial charge in [-0.2, -0.15) is 0 Å². The normalized spacial score (nSPS) is 16.3. The molecule has 0 bridgehead atoms. The first-order chi connectivity index (χ1) is 13.6. The van der Waals surface area contributed by atoms with E-state index in [9.17, 15) is 9.59 Å². The van der Waals surface area contributed by atoms with E-state index >= 15 is 0 Å². The molecule has 0 saturated heterocycles. The summed E-state index contributed by atoms with van der Waals surface area (Å²) < 4.78 is 16.1. The maximum Gasteiger partial charge on any atom is 0.245 e. The van der Waals surface area contributed by atoms with Crippen LogP contribution in [-0.4, -0.2) is 36.7 Å². The van der Waals surface area contributed by atoms with Gasteiger partial charge in [0.2, 0.25) is 11.8 Å². The van der Waals surface area contributed by atoms with Crippen molar-refractivity contribution in [3.8, 4) is 11.5 Å². The first-order valence-corrected chi connectivity index (χ1v) is 9.48. The third-order valence-electron chi connectivity index (χ3n) is 4.93. The number of hydrogen-bond donors (Lipinski definition) is 2. The number of hydrogen-bond acceptors (Lipinski definition) is 6. The van der Waals surface area contributed by atoms with Gasteiger partial charge in [-0.05, 0) is 49.3 Å². The molecule has 1 fully saturated rings.